The van der Waals surface area contributed by atoms with Crippen LogP contribution in [0.1, 0.15) is 348 Å². The van der Waals surface area contributed by atoms with E-state index >= 15 is 0 Å². The summed E-state index contributed by atoms with van der Waals surface area (Å²) in [5, 5.41) is 0. The molecule has 0 spiro atoms. The van der Waals surface area contributed by atoms with E-state index in [2.05, 4.69) is 13.8 Å². The van der Waals surface area contributed by atoms with Crippen LogP contribution < -0.4 is 0 Å². The smallest absolute Gasteiger partial charge is 0.462 e. The molecule has 0 fully saturated rings. The highest BCUT2D eigenvalue weighted by atomic mass is 31.2. The fourth-order valence-corrected chi connectivity index (χ4v) is 10.8. The van der Waals surface area contributed by atoms with Gasteiger partial charge >= 0.3 is 19.8 Å². The molecule has 0 aromatic rings. The summed E-state index contributed by atoms with van der Waals surface area (Å²) in [6.45, 7) is 4.53. The van der Waals surface area contributed by atoms with Gasteiger partial charge in [-0.1, -0.05) is 322 Å². The molecule has 0 aromatic carbocycles. The van der Waals surface area contributed by atoms with Crippen LogP contribution in [0.3, 0.4) is 0 Å². The molecule has 0 bridgehead atoms. The van der Waals surface area contributed by atoms with E-state index in [1.54, 1.807) is 0 Å². The topological polar surface area (TPSA) is 108 Å². The highest BCUT2D eigenvalue weighted by molar-refractivity contribution is 7.47. The molecule has 2 unspecified atom stereocenters. The molecule has 0 aliphatic rings. The number of nitrogens with zero attached hydrogens (tertiary/aromatic N) is 1. The Morgan fingerprint density at radius 2 is 0.608 bits per heavy atom. The molecule has 0 radical (unpaired) electrons. The van der Waals surface area contributed by atoms with Gasteiger partial charge in [-0.2, -0.15) is 0 Å². The molecule has 0 saturated heterocycles. The molecule has 0 aliphatic carbocycles. The zero-order chi connectivity index (χ0) is 54.2. The second-order valence-electron chi connectivity index (χ2n) is 23.9. The molecule has 0 saturated carbocycles. The number of esters is 2. The zero-order valence-electron chi connectivity index (χ0n) is 50.4. The Hall–Kier alpha value is -0.990. The summed E-state index contributed by atoms with van der Waals surface area (Å²) in [6.07, 6.45) is 66.2. The van der Waals surface area contributed by atoms with Gasteiger partial charge in [0.25, 0.3) is 0 Å². The van der Waals surface area contributed by atoms with Gasteiger partial charge in [-0.15, -0.1) is 0 Å². The van der Waals surface area contributed by atoms with Crippen molar-refractivity contribution in [3.8, 4) is 0 Å². The molecule has 442 valence electrons. The molecule has 74 heavy (non-hydrogen) atoms. The van der Waals surface area contributed by atoms with E-state index in [4.69, 9.17) is 18.5 Å². The van der Waals surface area contributed by atoms with Crippen LogP contribution in [0.4, 0.5) is 0 Å². The molecule has 0 heterocycles. The summed E-state index contributed by atoms with van der Waals surface area (Å²) in [7, 11) is 1.51. The number of phosphoric acid groups is 1. The second-order valence-corrected chi connectivity index (χ2v) is 25.3. The Morgan fingerprint density at radius 3 is 0.865 bits per heavy atom. The first-order chi connectivity index (χ1) is 36.0. The third-order valence-corrected chi connectivity index (χ3v) is 16.1. The summed E-state index contributed by atoms with van der Waals surface area (Å²) in [4.78, 5) is 35.8. The van der Waals surface area contributed by atoms with Crippen molar-refractivity contribution in [3.05, 3.63) is 0 Å². The quantitative estimate of drug-likeness (QED) is 0.0278. The number of quaternary nitrogens is 1. The standard InChI is InChI=1S/C64H128NO8P/c1-6-8-10-12-14-16-18-20-22-24-26-28-30-32-33-35-37-39-41-43-45-47-49-51-53-55-57-64(67)73-62(61-72-74(68,69)71-59-58-65(3,4)5)60-70-63(66)56-54-52-50-48-46-44-42-40-38-36-34-31-29-27-25-23-21-19-17-15-13-11-9-7-2/h62H,6-61H2,1-5H3/p+1. The van der Waals surface area contributed by atoms with Crippen molar-refractivity contribution in [2.75, 3.05) is 47.5 Å². The maximum absolute atomic E-state index is 12.8. The fourth-order valence-electron chi connectivity index (χ4n) is 10.1. The lowest BCUT2D eigenvalue weighted by molar-refractivity contribution is -0.870. The Bertz CT molecular complexity index is 1210. The van der Waals surface area contributed by atoms with Gasteiger partial charge < -0.3 is 18.9 Å². The van der Waals surface area contributed by atoms with Crippen molar-refractivity contribution in [1.29, 1.82) is 0 Å². The minimum absolute atomic E-state index is 0.0376. The highest BCUT2D eigenvalue weighted by Crippen LogP contribution is 2.43. The van der Waals surface area contributed by atoms with Crippen molar-refractivity contribution in [2.45, 2.75) is 354 Å². The third-order valence-electron chi connectivity index (χ3n) is 15.1. The van der Waals surface area contributed by atoms with Gasteiger partial charge in [0.2, 0.25) is 0 Å². The molecule has 2 atom stereocenters. The first-order valence-corrected chi connectivity index (χ1v) is 34.3. The molecule has 0 aliphatic heterocycles. The molecule has 0 amide bonds. The number of hydrogen-bond acceptors (Lipinski definition) is 7. The number of carbonyl (C=O) groups excluding carboxylic acids is 2. The van der Waals surface area contributed by atoms with E-state index in [1.165, 1.54) is 283 Å². The minimum atomic E-state index is -4.38. The lowest BCUT2D eigenvalue weighted by Gasteiger charge is -2.24. The van der Waals surface area contributed by atoms with Crippen molar-refractivity contribution < 1.29 is 42.1 Å². The van der Waals surface area contributed by atoms with Gasteiger partial charge in [0.1, 0.15) is 19.8 Å². The maximum Gasteiger partial charge on any atom is 0.472 e. The largest absolute Gasteiger partial charge is 0.472 e. The van der Waals surface area contributed by atoms with Crippen molar-refractivity contribution in [3.63, 3.8) is 0 Å². The van der Waals surface area contributed by atoms with Crippen LogP contribution >= 0.6 is 7.82 Å². The third kappa shape index (κ3) is 60.2. The first kappa shape index (κ1) is 73.0. The van der Waals surface area contributed by atoms with Crippen molar-refractivity contribution in [2.24, 2.45) is 0 Å². The number of phosphoric ester groups is 1. The van der Waals surface area contributed by atoms with E-state index in [0.717, 1.165) is 38.5 Å². The maximum atomic E-state index is 12.8. The van der Waals surface area contributed by atoms with E-state index in [0.29, 0.717) is 17.4 Å². The first-order valence-electron chi connectivity index (χ1n) is 32.8. The lowest BCUT2D eigenvalue weighted by atomic mass is 10.0. The van der Waals surface area contributed by atoms with Gasteiger partial charge in [-0.25, -0.2) is 4.57 Å². The van der Waals surface area contributed by atoms with Crippen LogP contribution in [0.15, 0.2) is 0 Å². The Morgan fingerprint density at radius 1 is 0.365 bits per heavy atom. The number of hydrogen-bond donors (Lipinski definition) is 1. The van der Waals surface area contributed by atoms with Gasteiger partial charge in [0, 0.05) is 12.8 Å². The van der Waals surface area contributed by atoms with Crippen LogP contribution in [0.5, 0.6) is 0 Å². The summed E-state index contributed by atoms with van der Waals surface area (Å²) in [6, 6.07) is 0. The van der Waals surface area contributed by atoms with E-state index in [-0.39, 0.29) is 25.6 Å². The van der Waals surface area contributed by atoms with Crippen LogP contribution in [0, 0.1) is 0 Å². The Labute approximate surface area is 461 Å². The van der Waals surface area contributed by atoms with Crippen molar-refractivity contribution in [1.82, 2.24) is 0 Å². The minimum Gasteiger partial charge on any atom is -0.462 e. The average molecular weight is 1070 g/mol. The number of carbonyl (C=O) groups is 2. The van der Waals surface area contributed by atoms with Gasteiger partial charge in [0.15, 0.2) is 6.10 Å². The predicted molar refractivity (Wildman–Crippen MR) is 317 cm³/mol. The average Bonchev–Trinajstić information content (AvgIpc) is 3.36. The molecular weight excluding hydrogens is 942 g/mol. The zero-order valence-corrected chi connectivity index (χ0v) is 51.3. The van der Waals surface area contributed by atoms with Crippen LogP contribution in [-0.4, -0.2) is 74.9 Å². The monoisotopic (exact) mass is 1070 g/mol. The number of rotatable bonds is 62. The number of likely N-dealkylation sites (N-methyl/N-ethyl adjacent to an activating group) is 1. The molecule has 10 heteroatoms. The summed E-state index contributed by atoms with van der Waals surface area (Å²) < 4.78 is 34.7. The number of unbranched alkanes of at least 4 members (excludes halogenated alkanes) is 48. The lowest BCUT2D eigenvalue weighted by Crippen LogP contribution is -2.37. The number of ether oxygens (including phenoxy) is 2. The van der Waals surface area contributed by atoms with Crippen LogP contribution in [0.2, 0.25) is 0 Å². The van der Waals surface area contributed by atoms with Gasteiger partial charge in [0.05, 0.1) is 27.7 Å². The summed E-state index contributed by atoms with van der Waals surface area (Å²) in [5.41, 5.74) is 0. The summed E-state index contributed by atoms with van der Waals surface area (Å²) >= 11 is 0. The van der Waals surface area contributed by atoms with Crippen LogP contribution in [-0.2, 0) is 32.7 Å². The van der Waals surface area contributed by atoms with Crippen LogP contribution in [0.25, 0.3) is 0 Å². The second kappa shape index (κ2) is 56.7. The Balaban J connectivity index is 4.02. The van der Waals surface area contributed by atoms with E-state index in [1.807, 2.05) is 21.1 Å². The predicted octanol–water partition coefficient (Wildman–Crippen LogP) is 20.6. The van der Waals surface area contributed by atoms with Crippen molar-refractivity contribution >= 4 is 19.8 Å². The highest BCUT2D eigenvalue weighted by Gasteiger charge is 2.27. The molecular formula is C64H129NO8P+. The van der Waals surface area contributed by atoms with Gasteiger partial charge in [-0.05, 0) is 12.8 Å². The Kier molecular flexibility index (Phi) is 56.0. The molecule has 0 aromatic heterocycles. The van der Waals surface area contributed by atoms with E-state index in [9.17, 15) is 19.0 Å². The fraction of sp³-hybridized carbons (Fsp3) is 0.969. The molecule has 1 N–H and O–H groups in total. The summed E-state index contributed by atoms with van der Waals surface area (Å²) in [5.74, 6) is -0.769. The van der Waals surface area contributed by atoms with E-state index < -0.39 is 26.5 Å². The molecule has 0 rings (SSSR count). The SMILES string of the molecule is CCCCCCCCCCCCCCCCCCCCCCCCCCCCC(=O)OC(COC(=O)CCCCCCCCCCCCCCCCCCCCCCCCCC)COP(=O)(O)OCC[N+](C)(C)C. The molecule has 9 nitrogen and oxygen atoms in total. The van der Waals surface area contributed by atoms with Gasteiger partial charge in [-0.3, -0.25) is 18.6 Å². The normalized spacial score (nSPS) is 13.1.